The summed E-state index contributed by atoms with van der Waals surface area (Å²) >= 11 is 0. The van der Waals surface area contributed by atoms with Crippen LogP contribution in [0.4, 0.5) is 0 Å². The molecule has 0 saturated carbocycles. The molecule has 0 aromatic heterocycles. The maximum absolute atomic E-state index is 11.2. The van der Waals surface area contributed by atoms with Crippen molar-refractivity contribution < 1.29 is 4.79 Å². The smallest absolute Gasteiger partial charge is 0.186 e. The van der Waals surface area contributed by atoms with E-state index >= 15 is 0 Å². The number of hydrogen-bond donors (Lipinski definition) is 0. The van der Waals surface area contributed by atoms with E-state index in [2.05, 4.69) is 0 Å². The number of ketones is 1. The van der Waals surface area contributed by atoms with Crippen LogP contribution in [0.15, 0.2) is 24.3 Å². The van der Waals surface area contributed by atoms with Gasteiger partial charge >= 0.3 is 0 Å². The number of allylic oxidation sites excluding steroid dienone is 1. The molecule has 0 spiro atoms. The van der Waals surface area contributed by atoms with Gasteiger partial charge in [-0.2, -0.15) is 0 Å². The normalized spacial score (nSPS) is 13.7. The standard InChI is InChI=1S/C10H8O/c1-7-8-3-2-4-9(7)10(11)6-5-8/h2-6H,1H3. The fourth-order valence-corrected chi connectivity index (χ4v) is 1.36. The lowest BCUT2D eigenvalue weighted by Crippen LogP contribution is -2.03. The number of rotatable bonds is 0. The Bertz CT molecular complexity index is 348. The van der Waals surface area contributed by atoms with Gasteiger partial charge in [0.2, 0.25) is 0 Å². The summed E-state index contributed by atoms with van der Waals surface area (Å²) < 4.78 is 0. The van der Waals surface area contributed by atoms with Gasteiger partial charge in [-0.05, 0) is 24.1 Å². The highest BCUT2D eigenvalue weighted by Crippen LogP contribution is 2.20. The molecule has 1 nitrogen and oxygen atoms in total. The zero-order valence-electron chi connectivity index (χ0n) is 6.29. The Morgan fingerprint density at radius 3 is 2.73 bits per heavy atom. The molecule has 1 aromatic rings. The predicted molar refractivity (Wildman–Crippen MR) is 44.5 cm³/mol. The molecule has 0 amide bonds. The fraction of sp³-hybridized carbons (Fsp3) is 0.100. The third-order valence-electron chi connectivity index (χ3n) is 2.06. The molecule has 0 fully saturated rings. The third kappa shape index (κ3) is 0.811. The van der Waals surface area contributed by atoms with E-state index in [4.69, 9.17) is 0 Å². The van der Waals surface area contributed by atoms with Gasteiger partial charge in [-0.3, -0.25) is 4.79 Å². The molecule has 1 heteroatoms. The summed E-state index contributed by atoms with van der Waals surface area (Å²) in [7, 11) is 0. The lowest BCUT2D eigenvalue weighted by molar-refractivity contribution is 0.104. The minimum Gasteiger partial charge on any atom is -0.289 e. The van der Waals surface area contributed by atoms with E-state index < -0.39 is 0 Å². The summed E-state index contributed by atoms with van der Waals surface area (Å²) in [6, 6.07) is 5.80. The first-order chi connectivity index (χ1) is 5.29. The molecule has 0 aliphatic heterocycles. The second-order valence-electron chi connectivity index (χ2n) is 2.72. The van der Waals surface area contributed by atoms with Crippen molar-refractivity contribution in [1.29, 1.82) is 0 Å². The maximum Gasteiger partial charge on any atom is 0.186 e. The van der Waals surface area contributed by atoms with E-state index in [0.717, 1.165) is 16.7 Å². The third-order valence-corrected chi connectivity index (χ3v) is 2.06. The zero-order chi connectivity index (χ0) is 7.84. The van der Waals surface area contributed by atoms with Gasteiger partial charge in [0.25, 0.3) is 0 Å². The lowest BCUT2D eigenvalue weighted by Gasteiger charge is -2.09. The van der Waals surface area contributed by atoms with Crippen molar-refractivity contribution in [2.75, 3.05) is 0 Å². The first kappa shape index (κ1) is 6.35. The molecule has 2 rings (SSSR count). The van der Waals surface area contributed by atoms with Crippen molar-refractivity contribution in [3.8, 4) is 0 Å². The molecule has 0 heterocycles. The van der Waals surface area contributed by atoms with Gasteiger partial charge in [-0.1, -0.05) is 24.3 Å². The maximum atomic E-state index is 11.2. The van der Waals surface area contributed by atoms with Crippen molar-refractivity contribution in [3.05, 3.63) is 41.0 Å². The summed E-state index contributed by atoms with van der Waals surface area (Å²) in [4.78, 5) is 11.2. The van der Waals surface area contributed by atoms with Crippen molar-refractivity contribution in [2.24, 2.45) is 0 Å². The van der Waals surface area contributed by atoms with Gasteiger partial charge in [0, 0.05) is 5.56 Å². The van der Waals surface area contributed by atoms with Crippen LogP contribution < -0.4 is 0 Å². The second kappa shape index (κ2) is 2.06. The molecule has 1 aromatic carbocycles. The number of fused-ring (bicyclic) bond motifs is 2. The van der Waals surface area contributed by atoms with Gasteiger partial charge in [0.1, 0.15) is 0 Å². The second-order valence-corrected chi connectivity index (χ2v) is 2.72. The Hall–Kier alpha value is -1.37. The Morgan fingerprint density at radius 1 is 1.18 bits per heavy atom. The summed E-state index contributed by atoms with van der Waals surface area (Å²) in [6.45, 7) is 1.98. The summed E-state index contributed by atoms with van der Waals surface area (Å²) in [5.74, 6) is 0.121. The van der Waals surface area contributed by atoms with E-state index in [1.165, 1.54) is 0 Å². The zero-order valence-corrected chi connectivity index (χ0v) is 6.29. The fourth-order valence-electron chi connectivity index (χ4n) is 1.36. The minimum absolute atomic E-state index is 0.121. The van der Waals surface area contributed by atoms with Gasteiger partial charge in [-0.25, -0.2) is 0 Å². The van der Waals surface area contributed by atoms with Crippen molar-refractivity contribution in [3.63, 3.8) is 0 Å². The molecule has 0 atom stereocenters. The average molecular weight is 144 g/mol. The van der Waals surface area contributed by atoms with E-state index in [1.54, 1.807) is 6.08 Å². The van der Waals surface area contributed by atoms with Gasteiger partial charge < -0.3 is 0 Å². The highest BCUT2D eigenvalue weighted by molar-refractivity contribution is 6.10. The van der Waals surface area contributed by atoms with Crippen LogP contribution >= 0.6 is 0 Å². The predicted octanol–water partition coefficient (Wildman–Crippen LogP) is 2.20. The van der Waals surface area contributed by atoms with Crippen LogP contribution in [-0.2, 0) is 0 Å². The molecule has 0 radical (unpaired) electrons. The molecule has 0 N–H and O–H groups in total. The van der Waals surface area contributed by atoms with Crippen molar-refractivity contribution >= 4 is 11.9 Å². The minimum atomic E-state index is 0.121. The van der Waals surface area contributed by atoms with Crippen LogP contribution in [0.5, 0.6) is 0 Å². The van der Waals surface area contributed by atoms with Crippen LogP contribution in [-0.4, -0.2) is 5.78 Å². The first-order valence-electron chi connectivity index (χ1n) is 3.61. The highest BCUT2D eigenvalue weighted by atomic mass is 16.1. The summed E-state index contributed by atoms with van der Waals surface area (Å²) in [5.41, 5.74) is 3.09. The molecule has 2 bridgehead atoms. The average Bonchev–Trinajstić information content (AvgIpc) is 1.98. The molecule has 1 aliphatic rings. The van der Waals surface area contributed by atoms with E-state index in [0.29, 0.717) is 0 Å². The van der Waals surface area contributed by atoms with Crippen LogP contribution in [0.2, 0.25) is 0 Å². The van der Waals surface area contributed by atoms with E-state index in [1.807, 2.05) is 31.2 Å². The molecule has 1 aliphatic carbocycles. The Labute approximate surface area is 65.4 Å². The Kier molecular flexibility index (Phi) is 1.19. The van der Waals surface area contributed by atoms with Crippen molar-refractivity contribution in [2.45, 2.75) is 6.92 Å². The Morgan fingerprint density at radius 2 is 2.00 bits per heavy atom. The summed E-state index contributed by atoms with van der Waals surface area (Å²) in [6.07, 6.45) is 3.49. The lowest BCUT2D eigenvalue weighted by atomic mass is 9.94. The van der Waals surface area contributed by atoms with Gasteiger partial charge in [-0.15, -0.1) is 0 Å². The van der Waals surface area contributed by atoms with Crippen LogP contribution in [0, 0.1) is 6.92 Å². The number of carbonyl (C=O) groups excluding carboxylic acids is 1. The molecule has 54 valence electrons. The molecule has 0 saturated heterocycles. The van der Waals surface area contributed by atoms with E-state index in [-0.39, 0.29) is 5.78 Å². The first-order valence-corrected chi connectivity index (χ1v) is 3.61. The van der Waals surface area contributed by atoms with Crippen LogP contribution in [0.25, 0.3) is 6.08 Å². The largest absolute Gasteiger partial charge is 0.289 e. The number of hydrogen-bond acceptors (Lipinski definition) is 1. The number of benzene rings is 1. The highest BCUT2D eigenvalue weighted by Gasteiger charge is 2.11. The quantitative estimate of drug-likeness (QED) is 0.545. The molecular formula is C10H8O. The van der Waals surface area contributed by atoms with Crippen LogP contribution in [0.3, 0.4) is 0 Å². The summed E-state index contributed by atoms with van der Waals surface area (Å²) in [5, 5.41) is 0. The number of carbonyl (C=O) groups is 1. The topological polar surface area (TPSA) is 17.1 Å². The van der Waals surface area contributed by atoms with E-state index in [9.17, 15) is 4.79 Å². The van der Waals surface area contributed by atoms with Gasteiger partial charge in [0.15, 0.2) is 5.78 Å². The molecule has 0 unspecified atom stereocenters. The van der Waals surface area contributed by atoms with Gasteiger partial charge in [0.05, 0.1) is 0 Å². The molecular weight excluding hydrogens is 136 g/mol. The monoisotopic (exact) mass is 144 g/mol. The molecule has 11 heavy (non-hydrogen) atoms. The van der Waals surface area contributed by atoms with Crippen molar-refractivity contribution in [1.82, 2.24) is 0 Å². The van der Waals surface area contributed by atoms with Crippen LogP contribution in [0.1, 0.15) is 21.5 Å². The Balaban J connectivity index is 2.78. The SMILES string of the molecule is Cc1c2cccc1C(=O)C=C2.